The number of rotatable bonds is 0. The fourth-order valence-corrected chi connectivity index (χ4v) is 0. The molecule has 0 radical (unpaired) electrons. The average Bonchev–Trinajstić information content (AvgIpc) is 1.39. The lowest BCUT2D eigenvalue weighted by molar-refractivity contribution is 0.524. The molecule has 0 aromatic heterocycles. The van der Waals surface area contributed by atoms with Crippen molar-refractivity contribution in [3.05, 3.63) is 12.7 Å². The second-order valence-electron chi connectivity index (χ2n) is 0.500. The molecule has 0 spiro atoms. The van der Waals surface area contributed by atoms with Crippen molar-refractivity contribution in [2.24, 2.45) is 0 Å². The third-order valence-electron chi connectivity index (χ3n) is 0. The van der Waals surface area contributed by atoms with E-state index in [2.05, 4.69) is 6.58 Å². The van der Waals surface area contributed by atoms with Crippen molar-refractivity contribution in [3.63, 3.8) is 0 Å². The second kappa shape index (κ2) is 21.4. The van der Waals surface area contributed by atoms with E-state index in [0.717, 1.165) is 0 Å². The van der Waals surface area contributed by atoms with E-state index >= 15 is 0 Å². The summed E-state index contributed by atoms with van der Waals surface area (Å²) in [6, 6.07) is 0. The minimum Gasteiger partial charge on any atom is -0.162 e. The summed E-state index contributed by atoms with van der Waals surface area (Å²) in [7, 11) is -1.17. The number of allylic oxidation sites excluding steroid dienone is 1. The highest BCUT2D eigenvalue weighted by Crippen LogP contribution is 1.66. The van der Waals surface area contributed by atoms with E-state index < -0.39 is 8.69 Å². The van der Waals surface area contributed by atoms with E-state index in [1.54, 1.807) is 6.08 Å². The Bertz CT molecular complexity index is 29.8. The quantitative estimate of drug-likeness (QED) is 0.372. The predicted molar refractivity (Wildman–Crippen MR) is 27.1 cm³/mol. The molecule has 0 amide bonds. The molecule has 0 saturated heterocycles. The van der Waals surface area contributed by atoms with Gasteiger partial charge in [0.25, 0.3) is 0 Å². The molecular weight excluding hydrogens is 99.0 g/mol. The van der Waals surface area contributed by atoms with Gasteiger partial charge in [-0.1, -0.05) is 6.08 Å². The fraction of sp³-hybridized carbons (Fsp3) is 0.333. The van der Waals surface area contributed by atoms with Crippen LogP contribution in [0.4, 0.5) is 0 Å². The highest BCUT2D eigenvalue weighted by Gasteiger charge is 1.45. The van der Waals surface area contributed by atoms with Crippen LogP contribution in [0.2, 0.25) is 0 Å². The van der Waals surface area contributed by atoms with Gasteiger partial charge in [-0.2, -0.15) is 4.89 Å². The summed E-state index contributed by atoms with van der Waals surface area (Å²) in [6.45, 7) is 5.25. The molecule has 0 fully saturated rings. The predicted octanol–water partition coefficient (Wildman–Crippen LogP) is 1.11. The first-order valence-corrected chi connectivity index (χ1v) is 2.27. The summed E-state index contributed by atoms with van der Waals surface area (Å²) in [5.74, 6) is 0. The van der Waals surface area contributed by atoms with Gasteiger partial charge < -0.3 is 0 Å². The van der Waals surface area contributed by atoms with Crippen molar-refractivity contribution >= 4 is 8.69 Å². The zero-order chi connectivity index (χ0) is 5.41. The van der Waals surface area contributed by atoms with Gasteiger partial charge in [-0.15, -0.1) is 6.58 Å². The monoisotopic (exact) mass is 107 g/mol. The molecule has 1 N–H and O–H groups in total. The summed E-state index contributed by atoms with van der Waals surface area (Å²) in [6.07, 6.45) is 1.75. The largest absolute Gasteiger partial charge is 0.491 e. The van der Waals surface area contributed by atoms with E-state index in [-0.39, 0.29) is 0 Å². The molecule has 6 heavy (non-hydrogen) atoms. The van der Waals surface area contributed by atoms with Crippen molar-refractivity contribution in [2.45, 2.75) is 6.92 Å². The summed E-state index contributed by atoms with van der Waals surface area (Å²) in [5.41, 5.74) is 0. The van der Waals surface area contributed by atoms with Gasteiger partial charge in [0.1, 0.15) is 0 Å². The molecule has 36 valence electrons. The van der Waals surface area contributed by atoms with E-state index in [9.17, 15) is 0 Å². The topological polar surface area (TPSA) is 37.3 Å². The van der Waals surface area contributed by atoms with Crippen LogP contribution in [0.3, 0.4) is 0 Å². The van der Waals surface area contributed by atoms with Gasteiger partial charge in [0.05, 0.1) is 0 Å². The molecule has 0 saturated carbocycles. The van der Waals surface area contributed by atoms with Crippen LogP contribution in [-0.2, 0) is 4.57 Å². The van der Waals surface area contributed by atoms with Crippen LogP contribution in [0.5, 0.6) is 0 Å². The molecule has 0 aliphatic rings. The van der Waals surface area contributed by atoms with Gasteiger partial charge in [0.15, 0.2) is 0 Å². The van der Waals surface area contributed by atoms with Gasteiger partial charge >= 0.3 is 8.69 Å². The lowest BCUT2D eigenvalue weighted by Crippen LogP contribution is -1.07. The first-order chi connectivity index (χ1) is 2.83. The smallest absolute Gasteiger partial charge is 0.162 e. The van der Waals surface area contributed by atoms with Crippen molar-refractivity contribution in [2.75, 3.05) is 0 Å². The maximum absolute atomic E-state index is 8.51. The number of hydrogen-bond acceptors (Lipinski definition) is 1. The molecule has 0 aliphatic heterocycles. The summed E-state index contributed by atoms with van der Waals surface area (Å²) < 4.78 is 8.51. The molecule has 0 aromatic carbocycles. The van der Waals surface area contributed by atoms with Crippen LogP contribution in [0, 0.1) is 0 Å². The minimum atomic E-state index is -1.17. The lowest BCUT2D eigenvalue weighted by Gasteiger charge is -1.31. The Kier molecular flexibility index (Phi) is 33.0. The highest BCUT2D eigenvalue weighted by atomic mass is 31.1. The molecule has 1 atom stereocenters. The van der Waals surface area contributed by atoms with Crippen LogP contribution in [-0.4, -0.2) is 4.89 Å². The Hall–Kier alpha value is -0.200. The SMILES string of the molecule is C=CC.O=[PH+]O. The zero-order valence-electron chi connectivity index (χ0n) is 3.64. The standard InChI is InChI=1S/C3H6.HO2P/c2*1-3-2/h3H,1H2,2H3;3H/p+1. The van der Waals surface area contributed by atoms with Crippen LogP contribution in [0.1, 0.15) is 6.92 Å². The highest BCUT2D eigenvalue weighted by molar-refractivity contribution is 7.16. The van der Waals surface area contributed by atoms with E-state index in [0.29, 0.717) is 0 Å². The molecule has 0 rings (SSSR count). The van der Waals surface area contributed by atoms with Gasteiger partial charge in [0.2, 0.25) is 0 Å². The van der Waals surface area contributed by atoms with Crippen molar-refractivity contribution in [1.29, 1.82) is 0 Å². The Labute approximate surface area is 38.8 Å². The van der Waals surface area contributed by atoms with E-state index in [1.807, 2.05) is 6.92 Å². The van der Waals surface area contributed by atoms with E-state index in [1.165, 1.54) is 0 Å². The maximum atomic E-state index is 8.51. The van der Waals surface area contributed by atoms with Crippen LogP contribution >= 0.6 is 8.69 Å². The summed E-state index contributed by atoms with van der Waals surface area (Å²) in [4.78, 5) is 7.04. The minimum absolute atomic E-state index is 1.17. The maximum Gasteiger partial charge on any atom is 0.491 e. The zero-order valence-corrected chi connectivity index (χ0v) is 4.64. The third-order valence-corrected chi connectivity index (χ3v) is 0. The van der Waals surface area contributed by atoms with Crippen molar-refractivity contribution < 1.29 is 9.46 Å². The Morgan fingerprint density at radius 2 is 2.00 bits per heavy atom. The molecule has 0 bridgehead atoms. The average molecular weight is 107 g/mol. The van der Waals surface area contributed by atoms with Gasteiger partial charge in [0, 0.05) is 0 Å². The number of hydrogen-bond donors (Lipinski definition) is 1. The fourth-order valence-electron chi connectivity index (χ4n) is 0. The van der Waals surface area contributed by atoms with Crippen molar-refractivity contribution in [1.82, 2.24) is 0 Å². The van der Waals surface area contributed by atoms with Gasteiger partial charge in [-0.3, -0.25) is 0 Å². The van der Waals surface area contributed by atoms with Crippen LogP contribution < -0.4 is 0 Å². The third kappa shape index (κ3) is 745. The first-order valence-electron chi connectivity index (χ1n) is 1.41. The second-order valence-corrected chi connectivity index (χ2v) is 0.682. The molecule has 2 nitrogen and oxygen atoms in total. The summed E-state index contributed by atoms with van der Waals surface area (Å²) >= 11 is 0. The Morgan fingerprint density at radius 3 is 2.00 bits per heavy atom. The molecule has 3 heteroatoms. The Morgan fingerprint density at radius 1 is 2.00 bits per heavy atom. The molecule has 0 aliphatic carbocycles. The first kappa shape index (κ1) is 9.25. The lowest BCUT2D eigenvalue weighted by atomic mass is 10.8. The van der Waals surface area contributed by atoms with Gasteiger partial charge in [-0.25, -0.2) is 0 Å². The van der Waals surface area contributed by atoms with Crippen LogP contribution in [0.15, 0.2) is 12.7 Å². The Balaban J connectivity index is 0. The normalized spacial score (nSPS) is 5.67. The molecule has 0 heterocycles. The van der Waals surface area contributed by atoms with E-state index in [4.69, 9.17) is 9.46 Å². The molecular formula is C3H8O2P+. The van der Waals surface area contributed by atoms with Gasteiger partial charge in [-0.05, 0) is 11.5 Å². The van der Waals surface area contributed by atoms with Crippen molar-refractivity contribution in [3.8, 4) is 0 Å². The molecule has 0 aromatic rings. The molecule has 1 unspecified atom stereocenters. The summed E-state index contributed by atoms with van der Waals surface area (Å²) in [5, 5.41) is 0. The van der Waals surface area contributed by atoms with Crippen LogP contribution in [0.25, 0.3) is 0 Å².